The summed E-state index contributed by atoms with van der Waals surface area (Å²) in [5.41, 5.74) is 5.97. The first-order valence-electron chi connectivity index (χ1n) is 5.04. The molecule has 1 aliphatic heterocycles. The van der Waals surface area contributed by atoms with Crippen LogP contribution in [0.25, 0.3) is 0 Å². The fourth-order valence-electron chi connectivity index (χ4n) is 1.92. The van der Waals surface area contributed by atoms with E-state index in [0.29, 0.717) is 12.0 Å². The van der Waals surface area contributed by atoms with E-state index >= 15 is 0 Å². The summed E-state index contributed by atoms with van der Waals surface area (Å²) in [4.78, 5) is 8.03. The number of aromatic nitrogens is 1. The third kappa shape index (κ3) is 2.13. The number of aryl methyl sites for hydroxylation is 1. The van der Waals surface area contributed by atoms with Crippen LogP contribution in [0.4, 0.5) is 0 Å². The highest BCUT2D eigenvalue weighted by molar-refractivity contribution is 7.11. The molecule has 1 aliphatic rings. The first kappa shape index (κ1) is 10.1. The van der Waals surface area contributed by atoms with Crippen LogP contribution in [0.5, 0.6) is 0 Å². The Kier molecular flexibility index (Phi) is 2.85. The lowest BCUT2D eigenvalue weighted by Crippen LogP contribution is -2.28. The van der Waals surface area contributed by atoms with Crippen LogP contribution in [0.15, 0.2) is 6.20 Å². The Bertz CT molecular complexity index is 300. The molecule has 14 heavy (non-hydrogen) atoms. The van der Waals surface area contributed by atoms with Crippen LogP contribution >= 0.6 is 11.3 Å². The van der Waals surface area contributed by atoms with Crippen LogP contribution in [0.3, 0.4) is 0 Å². The summed E-state index contributed by atoms with van der Waals surface area (Å²) in [5.74, 6) is 0.629. The summed E-state index contributed by atoms with van der Waals surface area (Å²) in [7, 11) is 0. The Morgan fingerprint density at radius 2 is 2.43 bits per heavy atom. The van der Waals surface area contributed by atoms with Crippen LogP contribution in [0.2, 0.25) is 0 Å². The van der Waals surface area contributed by atoms with Gasteiger partial charge in [0.15, 0.2) is 0 Å². The minimum absolute atomic E-state index is 0.351. The van der Waals surface area contributed by atoms with Gasteiger partial charge in [-0.15, -0.1) is 11.3 Å². The molecule has 0 aromatic carbocycles. The van der Waals surface area contributed by atoms with Gasteiger partial charge in [-0.2, -0.15) is 0 Å². The summed E-state index contributed by atoms with van der Waals surface area (Å²) in [6.45, 7) is 7.44. The van der Waals surface area contributed by atoms with E-state index in [2.05, 4.69) is 16.8 Å². The summed E-state index contributed by atoms with van der Waals surface area (Å²) in [6, 6.07) is 0.351. The molecule has 2 N–H and O–H groups in total. The zero-order valence-electron chi connectivity index (χ0n) is 8.73. The van der Waals surface area contributed by atoms with E-state index in [9.17, 15) is 0 Å². The topological polar surface area (TPSA) is 42.2 Å². The van der Waals surface area contributed by atoms with E-state index in [1.807, 2.05) is 13.1 Å². The van der Waals surface area contributed by atoms with Gasteiger partial charge in [0, 0.05) is 36.8 Å². The number of hydrogen-bond donors (Lipinski definition) is 1. The molecule has 0 aliphatic carbocycles. The molecule has 4 heteroatoms. The second-order valence-electron chi connectivity index (χ2n) is 4.18. The van der Waals surface area contributed by atoms with Gasteiger partial charge in [0.1, 0.15) is 0 Å². The first-order chi connectivity index (χ1) is 6.65. The van der Waals surface area contributed by atoms with Gasteiger partial charge in [0.05, 0.1) is 5.01 Å². The highest BCUT2D eigenvalue weighted by atomic mass is 32.1. The molecule has 2 unspecified atom stereocenters. The number of rotatable bonds is 2. The number of nitrogens with two attached hydrogens (primary N) is 1. The lowest BCUT2D eigenvalue weighted by atomic mass is 10.1. The van der Waals surface area contributed by atoms with Gasteiger partial charge in [0.25, 0.3) is 0 Å². The van der Waals surface area contributed by atoms with Crippen molar-refractivity contribution in [1.82, 2.24) is 9.88 Å². The second-order valence-corrected chi connectivity index (χ2v) is 5.50. The quantitative estimate of drug-likeness (QED) is 0.800. The van der Waals surface area contributed by atoms with Crippen LogP contribution in [0, 0.1) is 12.8 Å². The van der Waals surface area contributed by atoms with E-state index in [1.165, 1.54) is 4.88 Å². The summed E-state index contributed by atoms with van der Waals surface area (Å²) < 4.78 is 0. The lowest BCUT2D eigenvalue weighted by Gasteiger charge is -2.12. The average Bonchev–Trinajstić information content (AvgIpc) is 2.62. The molecule has 0 radical (unpaired) electrons. The predicted molar refractivity (Wildman–Crippen MR) is 59.3 cm³/mol. The highest BCUT2D eigenvalue weighted by Gasteiger charge is 2.26. The standard InChI is InChI=1S/C10H17N3S/c1-7-4-13(6-10(7)11)5-9-3-12-8(2)14-9/h3,7,10H,4-6,11H2,1-2H3. The third-order valence-corrected chi connectivity index (χ3v) is 3.69. The Morgan fingerprint density at radius 1 is 1.64 bits per heavy atom. The summed E-state index contributed by atoms with van der Waals surface area (Å²) in [5, 5.41) is 1.15. The van der Waals surface area contributed by atoms with Crippen molar-refractivity contribution >= 4 is 11.3 Å². The molecule has 1 aromatic heterocycles. The van der Waals surface area contributed by atoms with Crippen LogP contribution in [-0.2, 0) is 6.54 Å². The Morgan fingerprint density at radius 3 is 2.93 bits per heavy atom. The van der Waals surface area contributed by atoms with Crippen molar-refractivity contribution in [2.45, 2.75) is 26.4 Å². The lowest BCUT2D eigenvalue weighted by molar-refractivity contribution is 0.321. The molecular weight excluding hydrogens is 194 g/mol. The average molecular weight is 211 g/mol. The molecular formula is C10H17N3S. The van der Waals surface area contributed by atoms with Crippen molar-refractivity contribution in [3.05, 3.63) is 16.1 Å². The minimum atomic E-state index is 0.351. The van der Waals surface area contributed by atoms with Crippen molar-refractivity contribution in [3.8, 4) is 0 Å². The molecule has 2 heterocycles. The summed E-state index contributed by atoms with van der Waals surface area (Å²) in [6.07, 6.45) is 1.98. The van der Waals surface area contributed by atoms with Crippen molar-refractivity contribution in [2.24, 2.45) is 11.7 Å². The SMILES string of the molecule is Cc1ncc(CN2CC(C)C(N)C2)s1. The van der Waals surface area contributed by atoms with Gasteiger partial charge >= 0.3 is 0 Å². The molecule has 0 amide bonds. The van der Waals surface area contributed by atoms with E-state index in [4.69, 9.17) is 5.73 Å². The molecule has 1 aromatic rings. The number of hydrogen-bond acceptors (Lipinski definition) is 4. The Hall–Kier alpha value is -0.450. The van der Waals surface area contributed by atoms with Crippen molar-refractivity contribution < 1.29 is 0 Å². The maximum Gasteiger partial charge on any atom is 0.0897 e. The largest absolute Gasteiger partial charge is 0.326 e. The van der Waals surface area contributed by atoms with E-state index in [1.54, 1.807) is 11.3 Å². The van der Waals surface area contributed by atoms with Gasteiger partial charge in [-0.3, -0.25) is 4.90 Å². The molecule has 1 fully saturated rings. The minimum Gasteiger partial charge on any atom is -0.326 e. The zero-order chi connectivity index (χ0) is 10.1. The Labute approximate surface area is 88.9 Å². The van der Waals surface area contributed by atoms with Crippen LogP contribution < -0.4 is 5.73 Å². The van der Waals surface area contributed by atoms with Crippen LogP contribution in [0.1, 0.15) is 16.8 Å². The number of thiazole rings is 1. The maximum atomic E-state index is 5.97. The fourth-order valence-corrected chi connectivity index (χ4v) is 2.76. The monoisotopic (exact) mass is 211 g/mol. The zero-order valence-corrected chi connectivity index (χ0v) is 9.55. The van der Waals surface area contributed by atoms with Gasteiger partial charge in [-0.25, -0.2) is 4.98 Å². The van der Waals surface area contributed by atoms with E-state index in [-0.39, 0.29) is 0 Å². The van der Waals surface area contributed by atoms with E-state index < -0.39 is 0 Å². The molecule has 1 saturated heterocycles. The molecule has 0 bridgehead atoms. The van der Waals surface area contributed by atoms with Gasteiger partial charge in [-0.05, 0) is 12.8 Å². The van der Waals surface area contributed by atoms with Crippen molar-refractivity contribution in [3.63, 3.8) is 0 Å². The molecule has 0 spiro atoms. The highest BCUT2D eigenvalue weighted by Crippen LogP contribution is 2.20. The van der Waals surface area contributed by atoms with Crippen molar-refractivity contribution in [2.75, 3.05) is 13.1 Å². The molecule has 2 rings (SSSR count). The third-order valence-electron chi connectivity index (χ3n) is 2.79. The molecule has 2 atom stereocenters. The van der Waals surface area contributed by atoms with Crippen LogP contribution in [-0.4, -0.2) is 29.0 Å². The Balaban J connectivity index is 1.93. The van der Waals surface area contributed by atoms with Gasteiger partial charge in [-0.1, -0.05) is 6.92 Å². The van der Waals surface area contributed by atoms with E-state index in [0.717, 1.165) is 24.6 Å². The second kappa shape index (κ2) is 3.96. The fraction of sp³-hybridized carbons (Fsp3) is 0.700. The smallest absolute Gasteiger partial charge is 0.0897 e. The van der Waals surface area contributed by atoms with Crippen molar-refractivity contribution in [1.29, 1.82) is 0 Å². The molecule has 0 saturated carbocycles. The number of nitrogens with zero attached hydrogens (tertiary/aromatic N) is 2. The molecule has 3 nitrogen and oxygen atoms in total. The molecule has 78 valence electrons. The first-order valence-corrected chi connectivity index (χ1v) is 5.86. The summed E-state index contributed by atoms with van der Waals surface area (Å²) >= 11 is 1.78. The van der Waals surface area contributed by atoms with Gasteiger partial charge in [0.2, 0.25) is 0 Å². The maximum absolute atomic E-state index is 5.97. The van der Waals surface area contributed by atoms with Gasteiger partial charge < -0.3 is 5.73 Å². The predicted octanol–water partition coefficient (Wildman–Crippen LogP) is 1.23. The normalized spacial score (nSPS) is 28.5. The number of likely N-dealkylation sites (tertiary alicyclic amines) is 1.